The van der Waals surface area contributed by atoms with E-state index >= 15 is 0 Å². The van der Waals surface area contributed by atoms with Crippen molar-refractivity contribution in [3.8, 4) is 0 Å². The van der Waals surface area contributed by atoms with Crippen LogP contribution in [0, 0.1) is 3.57 Å². The van der Waals surface area contributed by atoms with Crippen LogP contribution in [-0.4, -0.2) is 6.98 Å². The van der Waals surface area contributed by atoms with Crippen molar-refractivity contribution >= 4 is 42.2 Å². The third-order valence-corrected chi connectivity index (χ3v) is 2.29. The lowest BCUT2D eigenvalue weighted by atomic mass is 9.82. The van der Waals surface area contributed by atoms with E-state index in [2.05, 4.69) is 12.6 Å². The molecule has 0 saturated heterocycles. The van der Waals surface area contributed by atoms with Gasteiger partial charge in [0.05, 0.1) is 0 Å². The molecule has 6 heteroatoms. The van der Waals surface area contributed by atoms with Gasteiger partial charge in [0.25, 0.3) is 0 Å². The first-order valence-electron chi connectivity index (χ1n) is 3.56. The van der Waals surface area contributed by atoms with E-state index in [0.29, 0.717) is 4.90 Å². The van der Waals surface area contributed by atoms with Gasteiger partial charge >= 0.3 is 6.98 Å². The fraction of sp³-hybridized carbons (Fsp3) is 0.143. The molecule has 0 heterocycles. The monoisotopic (exact) mass is 317 g/mol. The molecule has 0 bridgehead atoms. The molecule has 72 valence electrons. The molecule has 0 aliphatic carbocycles. The molecule has 0 aliphatic rings. The van der Waals surface area contributed by atoms with Crippen LogP contribution in [0.4, 0.5) is 12.9 Å². The molecule has 1 rings (SSSR count). The van der Waals surface area contributed by atoms with E-state index in [0.717, 1.165) is 3.57 Å². The van der Waals surface area contributed by atoms with Crippen LogP contribution in [0.2, 0.25) is 0 Å². The first kappa shape index (κ1) is 11.2. The standard InChI is InChI=1S/C7H6BF3IS/c9-8(10,11)4-5-1-6(12)3-7(13)2-5/h1-3,13H,4H2/q-1. The Morgan fingerprint density at radius 1 is 1.23 bits per heavy atom. The number of rotatable bonds is 2. The van der Waals surface area contributed by atoms with Gasteiger partial charge in [-0.3, -0.25) is 0 Å². The van der Waals surface area contributed by atoms with E-state index in [-0.39, 0.29) is 5.56 Å². The minimum atomic E-state index is -4.75. The maximum absolute atomic E-state index is 12.0. The van der Waals surface area contributed by atoms with Gasteiger partial charge in [0.15, 0.2) is 0 Å². The molecule has 0 unspecified atom stereocenters. The van der Waals surface area contributed by atoms with Gasteiger partial charge in [-0.05, 0) is 40.8 Å². The Morgan fingerprint density at radius 3 is 2.31 bits per heavy atom. The largest absolute Gasteiger partial charge is 0.482 e. The summed E-state index contributed by atoms with van der Waals surface area (Å²) in [5.74, 6) is 0. The zero-order valence-electron chi connectivity index (χ0n) is 6.48. The maximum atomic E-state index is 12.0. The normalized spacial score (nSPS) is 11.8. The van der Waals surface area contributed by atoms with E-state index < -0.39 is 13.3 Å². The molecule has 13 heavy (non-hydrogen) atoms. The van der Waals surface area contributed by atoms with E-state index in [1.807, 2.05) is 22.6 Å². The van der Waals surface area contributed by atoms with E-state index in [1.165, 1.54) is 12.1 Å². The predicted octanol–water partition coefficient (Wildman–Crippen LogP) is 3.51. The third kappa shape index (κ3) is 4.26. The van der Waals surface area contributed by atoms with Crippen LogP contribution in [0.3, 0.4) is 0 Å². The lowest BCUT2D eigenvalue weighted by Crippen LogP contribution is -2.19. The fourth-order valence-electron chi connectivity index (χ4n) is 1.02. The molecule has 0 N–H and O–H groups in total. The summed E-state index contributed by atoms with van der Waals surface area (Å²) >= 11 is 5.98. The summed E-state index contributed by atoms with van der Waals surface area (Å²) in [5, 5.41) is 0. The Kier molecular flexibility index (Phi) is 3.56. The lowest BCUT2D eigenvalue weighted by molar-refractivity contribution is 0.468. The third-order valence-electron chi connectivity index (χ3n) is 1.41. The SMILES string of the molecule is F[B-](F)(F)Cc1cc(S)cc(I)c1. The van der Waals surface area contributed by atoms with Crippen LogP contribution >= 0.6 is 35.2 Å². The number of hydrogen-bond donors (Lipinski definition) is 1. The van der Waals surface area contributed by atoms with E-state index in [9.17, 15) is 12.9 Å². The van der Waals surface area contributed by atoms with Gasteiger partial charge in [-0.1, -0.05) is 11.9 Å². The van der Waals surface area contributed by atoms with Gasteiger partial charge in [0.1, 0.15) is 0 Å². The van der Waals surface area contributed by atoms with Crippen LogP contribution in [0.15, 0.2) is 23.1 Å². The summed E-state index contributed by atoms with van der Waals surface area (Å²) in [6.45, 7) is -4.75. The fourth-order valence-corrected chi connectivity index (χ4v) is 2.31. The molecule has 0 aliphatic heterocycles. The average Bonchev–Trinajstić information content (AvgIpc) is 1.78. The van der Waals surface area contributed by atoms with Crippen molar-refractivity contribution in [3.05, 3.63) is 27.3 Å². The van der Waals surface area contributed by atoms with Gasteiger partial charge in [-0.2, -0.15) is 0 Å². The molecule has 0 aromatic heterocycles. The highest BCUT2D eigenvalue weighted by atomic mass is 127. The highest BCUT2D eigenvalue weighted by Crippen LogP contribution is 2.21. The van der Waals surface area contributed by atoms with Crippen LogP contribution < -0.4 is 0 Å². The first-order chi connectivity index (χ1) is 5.87. The summed E-state index contributed by atoms with van der Waals surface area (Å²) in [4.78, 5) is 0.571. The summed E-state index contributed by atoms with van der Waals surface area (Å²) in [6, 6.07) is 4.69. The minimum absolute atomic E-state index is 0.282. The van der Waals surface area contributed by atoms with Crippen LogP contribution in [-0.2, 0) is 6.32 Å². The maximum Gasteiger partial charge on any atom is 0.482 e. The Labute approximate surface area is 93.5 Å². The van der Waals surface area contributed by atoms with Gasteiger partial charge in [-0.25, -0.2) is 0 Å². The quantitative estimate of drug-likeness (QED) is 0.482. The second kappa shape index (κ2) is 4.12. The van der Waals surface area contributed by atoms with E-state index in [4.69, 9.17) is 0 Å². The predicted molar refractivity (Wildman–Crippen MR) is 59.2 cm³/mol. The second-order valence-electron chi connectivity index (χ2n) is 2.73. The molecule has 0 saturated carbocycles. The topological polar surface area (TPSA) is 0 Å². The molecule has 1 aromatic rings. The first-order valence-corrected chi connectivity index (χ1v) is 5.09. The summed E-state index contributed by atoms with van der Waals surface area (Å²) < 4.78 is 36.9. The van der Waals surface area contributed by atoms with Crippen LogP contribution in [0.1, 0.15) is 5.56 Å². The van der Waals surface area contributed by atoms with Crippen molar-refractivity contribution in [1.29, 1.82) is 0 Å². The summed E-state index contributed by atoms with van der Waals surface area (Å²) in [6.07, 6.45) is -0.829. The van der Waals surface area contributed by atoms with Gasteiger partial charge in [0.2, 0.25) is 0 Å². The molecule has 0 fully saturated rings. The van der Waals surface area contributed by atoms with Crippen LogP contribution in [0.5, 0.6) is 0 Å². The Hall–Kier alpha value is 0.155. The van der Waals surface area contributed by atoms with Crippen molar-refractivity contribution in [2.45, 2.75) is 11.2 Å². The summed E-state index contributed by atoms with van der Waals surface area (Å²) in [7, 11) is 0. The van der Waals surface area contributed by atoms with Crippen molar-refractivity contribution in [2.75, 3.05) is 0 Å². The average molecular weight is 317 g/mol. The molecule has 0 atom stereocenters. The number of benzene rings is 1. The molecular formula is C7H6BF3IS-. The van der Waals surface area contributed by atoms with Crippen molar-refractivity contribution in [3.63, 3.8) is 0 Å². The van der Waals surface area contributed by atoms with Crippen molar-refractivity contribution < 1.29 is 12.9 Å². The lowest BCUT2D eigenvalue weighted by Gasteiger charge is -2.13. The number of thiol groups is 1. The molecule has 0 nitrogen and oxygen atoms in total. The Balaban J connectivity index is 2.90. The van der Waals surface area contributed by atoms with Gasteiger partial charge < -0.3 is 12.9 Å². The van der Waals surface area contributed by atoms with Crippen LogP contribution in [0.25, 0.3) is 0 Å². The van der Waals surface area contributed by atoms with E-state index in [1.54, 1.807) is 6.07 Å². The molecule has 1 aromatic carbocycles. The Morgan fingerprint density at radius 2 is 1.85 bits per heavy atom. The van der Waals surface area contributed by atoms with Gasteiger partial charge in [-0.15, -0.1) is 12.6 Å². The van der Waals surface area contributed by atoms with Gasteiger partial charge in [0, 0.05) is 8.47 Å². The summed E-state index contributed by atoms with van der Waals surface area (Å²) in [5.41, 5.74) is 0.282. The number of hydrogen-bond acceptors (Lipinski definition) is 1. The molecular weight excluding hydrogens is 311 g/mol. The minimum Gasteiger partial charge on any atom is -0.449 e. The van der Waals surface area contributed by atoms with Crippen molar-refractivity contribution in [2.24, 2.45) is 0 Å². The zero-order chi connectivity index (χ0) is 10.1. The smallest absolute Gasteiger partial charge is 0.449 e. The molecule has 0 amide bonds. The second-order valence-corrected chi connectivity index (χ2v) is 4.49. The highest BCUT2D eigenvalue weighted by Gasteiger charge is 2.23. The number of halogens is 4. The molecule has 0 spiro atoms. The Bertz CT molecular complexity index is 293. The van der Waals surface area contributed by atoms with Crippen molar-refractivity contribution in [1.82, 2.24) is 0 Å². The highest BCUT2D eigenvalue weighted by molar-refractivity contribution is 14.1. The molecule has 0 radical (unpaired) electrons. The zero-order valence-corrected chi connectivity index (χ0v) is 9.53.